The summed E-state index contributed by atoms with van der Waals surface area (Å²) in [5.74, 6) is -0.372. The summed E-state index contributed by atoms with van der Waals surface area (Å²) >= 11 is 0. The monoisotopic (exact) mass is 326 g/mol. The largest absolute Gasteiger partial charge is 0.396 e. The Labute approximate surface area is 141 Å². The molecule has 0 bridgehead atoms. The number of rotatable bonds is 6. The number of hydrogen-bond acceptors (Lipinski definition) is 3. The zero-order valence-corrected chi connectivity index (χ0v) is 13.9. The number of aryl methyl sites for hydroxylation is 2. The maximum absolute atomic E-state index is 12.3. The van der Waals surface area contributed by atoms with Crippen LogP contribution in [0.5, 0.6) is 0 Å². The molecule has 0 aliphatic heterocycles. The molecule has 0 fully saturated rings. The van der Waals surface area contributed by atoms with E-state index in [0.29, 0.717) is 29.8 Å². The van der Waals surface area contributed by atoms with E-state index in [0.717, 1.165) is 11.1 Å². The van der Waals surface area contributed by atoms with E-state index >= 15 is 0 Å². The highest BCUT2D eigenvalue weighted by molar-refractivity contribution is 6.05. The Morgan fingerprint density at radius 2 is 1.71 bits per heavy atom. The molecule has 126 valence electrons. The van der Waals surface area contributed by atoms with Gasteiger partial charge in [0.15, 0.2) is 0 Å². The Kier molecular flexibility index (Phi) is 6.09. The molecule has 2 rings (SSSR count). The molecule has 0 heterocycles. The van der Waals surface area contributed by atoms with E-state index in [1.807, 2.05) is 32.0 Å². The van der Waals surface area contributed by atoms with E-state index in [1.165, 1.54) is 0 Å². The minimum absolute atomic E-state index is 0.0453. The quantitative estimate of drug-likeness (QED) is 0.714. The van der Waals surface area contributed by atoms with Crippen molar-refractivity contribution in [1.29, 1.82) is 0 Å². The first-order valence-electron chi connectivity index (χ1n) is 7.89. The van der Waals surface area contributed by atoms with Gasteiger partial charge in [0.1, 0.15) is 0 Å². The van der Waals surface area contributed by atoms with Gasteiger partial charge in [-0.15, -0.1) is 0 Å². The lowest BCUT2D eigenvalue weighted by Crippen LogP contribution is -2.25. The van der Waals surface area contributed by atoms with Crippen LogP contribution < -0.4 is 10.6 Å². The summed E-state index contributed by atoms with van der Waals surface area (Å²) in [6.45, 7) is 4.37. The molecule has 0 spiro atoms. The highest BCUT2D eigenvalue weighted by Crippen LogP contribution is 2.15. The molecule has 0 unspecified atom stereocenters. The predicted molar refractivity (Wildman–Crippen MR) is 94.3 cm³/mol. The third-order valence-corrected chi connectivity index (χ3v) is 3.65. The molecule has 2 aromatic carbocycles. The van der Waals surface area contributed by atoms with E-state index in [2.05, 4.69) is 10.6 Å². The molecule has 0 radical (unpaired) electrons. The first-order chi connectivity index (χ1) is 11.5. The van der Waals surface area contributed by atoms with Crippen LogP contribution in [0.2, 0.25) is 0 Å². The van der Waals surface area contributed by atoms with Crippen molar-refractivity contribution in [2.24, 2.45) is 0 Å². The molecule has 0 aromatic heterocycles. The van der Waals surface area contributed by atoms with Gasteiger partial charge < -0.3 is 15.7 Å². The van der Waals surface area contributed by atoms with Crippen molar-refractivity contribution in [1.82, 2.24) is 5.32 Å². The van der Waals surface area contributed by atoms with E-state index < -0.39 is 0 Å². The number of carbonyl (C=O) groups is 2. The average molecular weight is 326 g/mol. The predicted octanol–water partition coefficient (Wildman–Crippen LogP) is 2.67. The van der Waals surface area contributed by atoms with Crippen LogP contribution in [0.1, 0.15) is 38.3 Å². The number of anilines is 1. The molecule has 5 heteroatoms. The summed E-state index contributed by atoms with van der Waals surface area (Å²) in [5, 5.41) is 14.3. The molecule has 0 saturated carbocycles. The molecule has 0 saturated heterocycles. The van der Waals surface area contributed by atoms with Gasteiger partial charge >= 0.3 is 0 Å². The molecule has 5 nitrogen and oxygen atoms in total. The van der Waals surface area contributed by atoms with Crippen LogP contribution in [0, 0.1) is 13.8 Å². The maximum Gasteiger partial charge on any atom is 0.255 e. The van der Waals surface area contributed by atoms with Crippen molar-refractivity contribution in [3.63, 3.8) is 0 Å². The average Bonchev–Trinajstić information content (AvgIpc) is 2.55. The normalized spacial score (nSPS) is 10.3. The molecule has 2 aromatic rings. The number of aliphatic hydroxyl groups excluding tert-OH is 1. The highest BCUT2D eigenvalue weighted by Gasteiger charge is 2.10. The second-order valence-corrected chi connectivity index (χ2v) is 5.68. The minimum atomic E-state index is -0.198. The summed E-state index contributed by atoms with van der Waals surface area (Å²) in [4.78, 5) is 24.2. The van der Waals surface area contributed by atoms with Gasteiger partial charge in [-0.25, -0.2) is 0 Å². The van der Waals surface area contributed by atoms with Gasteiger partial charge in [0.2, 0.25) is 0 Å². The third kappa shape index (κ3) is 4.67. The van der Waals surface area contributed by atoms with E-state index in [1.54, 1.807) is 24.3 Å². The topological polar surface area (TPSA) is 78.4 Å². The lowest BCUT2D eigenvalue weighted by molar-refractivity contribution is 0.0950. The van der Waals surface area contributed by atoms with Crippen LogP contribution in [-0.4, -0.2) is 30.1 Å². The van der Waals surface area contributed by atoms with Gasteiger partial charge in [-0.3, -0.25) is 9.59 Å². The van der Waals surface area contributed by atoms with Crippen LogP contribution in [0.15, 0.2) is 42.5 Å². The standard InChI is InChI=1S/C19H22N2O3/c1-13-4-9-17(14(2)12-13)19(24)21-16-7-5-15(6-8-16)18(23)20-10-3-11-22/h4-9,12,22H,3,10-11H2,1-2H3,(H,20,23)(H,21,24). The Morgan fingerprint density at radius 1 is 1.00 bits per heavy atom. The fraction of sp³-hybridized carbons (Fsp3) is 0.263. The number of benzene rings is 2. The van der Waals surface area contributed by atoms with Gasteiger partial charge in [-0.2, -0.15) is 0 Å². The van der Waals surface area contributed by atoms with Crippen molar-refractivity contribution in [3.8, 4) is 0 Å². The first kappa shape index (κ1) is 17.7. The molecular formula is C19H22N2O3. The minimum Gasteiger partial charge on any atom is -0.396 e. The summed E-state index contributed by atoms with van der Waals surface area (Å²) in [7, 11) is 0. The molecule has 0 aliphatic carbocycles. The zero-order chi connectivity index (χ0) is 17.5. The molecule has 24 heavy (non-hydrogen) atoms. The summed E-state index contributed by atoms with van der Waals surface area (Å²) in [6, 6.07) is 12.4. The maximum atomic E-state index is 12.3. The molecular weight excluding hydrogens is 304 g/mol. The van der Waals surface area contributed by atoms with Crippen LogP contribution in [0.3, 0.4) is 0 Å². The third-order valence-electron chi connectivity index (χ3n) is 3.65. The van der Waals surface area contributed by atoms with E-state index in [9.17, 15) is 9.59 Å². The van der Waals surface area contributed by atoms with E-state index in [4.69, 9.17) is 5.11 Å². The van der Waals surface area contributed by atoms with Crippen molar-refractivity contribution in [3.05, 3.63) is 64.7 Å². The van der Waals surface area contributed by atoms with Crippen LogP contribution in [0.25, 0.3) is 0 Å². The highest BCUT2D eigenvalue weighted by atomic mass is 16.3. The van der Waals surface area contributed by atoms with Crippen molar-refractivity contribution in [2.75, 3.05) is 18.5 Å². The van der Waals surface area contributed by atoms with Gasteiger partial charge in [0.05, 0.1) is 0 Å². The summed E-state index contributed by atoms with van der Waals surface area (Å²) in [6.07, 6.45) is 0.524. The lowest BCUT2D eigenvalue weighted by Gasteiger charge is -2.09. The zero-order valence-electron chi connectivity index (χ0n) is 13.9. The number of carbonyl (C=O) groups excluding carboxylic acids is 2. The molecule has 2 amide bonds. The van der Waals surface area contributed by atoms with Crippen molar-refractivity contribution >= 4 is 17.5 Å². The fourth-order valence-electron chi connectivity index (χ4n) is 2.35. The second-order valence-electron chi connectivity index (χ2n) is 5.68. The first-order valence-corrected chi connectivity index (χ1v) is 7.89. The molecule has 3 N–H and O–H groups in total. The van der Waals surface area contributed by atoms with Crippen LogP contribution >= 0.6 is 0 Å². The van der Waals surface area contributed by atoms with Crippen LogP contribution in [-0.2, 0) is 0 Å². The lowest BCUT2D eigenvalue weighted by atomic mass is 10.1. The number of amides is 2. The Morgan fingerprint density at radius 3 is 2.33 bits per heavy atom. The summed E-state index contributed by atoms with van der Waals surface area (Å²) in [5.41, 5.74) is 3.81. The van der Waals surface area contributed by atoms with Gasteiger partial charge in [-0.05, 0) is 56.2 Å². The Bertz CT molecular complexity index is 724. The fourth-order valence-corrected chi connectivity index (χ4v) is 2.35. The number of aliphatic hydroxyl groups is 1. The van der Waals surface area contributed by atoms with Gasteiger partial charge in [0.25, 0.3) is 11.8 Å². The Hall–Kier alpha value is -2.66. The van der Waals surface area contributed by atoms with Gasteiger partial charge in [-0.1, -0.05) is 17.7 Å². The SMILES string of the molecule is Cc1ccc(C(=O)Nc2ccc(C(=O)NCCCO)cc2)c(C)c1. The van der Waals surface area contributed by atoms with Crippen molar-refractivity contribution < 1.29 is 14.7 Å². The molecule has 0 aliphatic rings. The number of hydrogen-bond donors (Lipinski definition) is 3. The van der Waals surface area contributed by atoms with Crippen LogP contribution in [0.4, 0.5) is 5.69 Å². The Balaban J connectivity index is 2.00. The van der Waals surface area contributed by atoms with Gasteiger partial charge in [0, 0.05) is 30.0 Å². The van der Waals surface area contributed by atoms with E-state index in [-0.39, 0.29) is 18.4 Å². The summed E-state index contributed by atoms with van der Waals surface area (Å²) < 4.78 is 0. The number of nitrogens with one attached hydrogen (secondary N) is 2. The second kappa shape index (κ2) is 8.26. The van der Waals surface area contributed by atoms with Crippen molar-refractivity contribution in [2.45, 2.75) is 20.3 Å². The smallest absolute Gasteiger partial charge is 0.255 e. The molecule has 0 atom stereocenters.